The van der Waals surface area contributed by atoms with Crippen molar-refractivity contribution in [2.45, 2.75) is 31.3 Å². The maximum atomic E-state index is 12.1. The minimum Gasteiger partial charge on any atom is -0.385 e. The second-order valence-electron chi connectivity index (χ2n) is 8.43. The van der Waals surface area contributed by atoms with Crippen LogP contribution < -0.4 is 0 Å². The van der Waals surface area contributed by atoms with Crippen LogP contribution in [0.1, 0.15) is 31.2 Å². The third-order valence-corrected chi connectivity index (χ3v) is 7.56. The molecule has 2 nitrogen and oxygen atoms in total. The van der Waals surface area contributed by atoms with Gasteiger partial charge in [-0.25, -0.2) is 0 Å². The molecule has 0 spiro atoms. The molecule has 4 atom stereocenters. The maximum Gasteiger partial charge on any atom is 0.0958 e. The third kappa shape index (κ3) is 1.68. The molecule has 6 rings (SSSR count). The fourth-order valence-corrected chi connectivity index (χ4v) is 6.58. The van der Waals surface area contributed by atoms with E-state index >= 15 is 0 Å². The summed E-state index contributed by atoms with van der Waals surface area (Å²) in [5, 5.41) is 12.1. The number of piperidine rings is 1. The second-order valence-corrected chi connectivity index (χ2v) is 8.43. The van der Waals surface area contributed by atoms with Gasteiger partial charge in [0.05, 0.1) is 5.60 Å². The molecule has 0 amide bonds. The molecule has 5 aliphatic rings. The smallest absolute Gasteiger partial charge is 0.0958 e. The summed E-state index contributed by atoms with van der Waals surface area (Å²) in [4.78, 5) is 2.41. The fraction of sp³-hybridized carbons (Fsp3) is 0.700. The van der Waals surface area contributed by atoms with E-state index in [0.717, 1.165) is 49.6 Å². The van der Waals surface area contributed by atoms with Gasteiger partial charge in [0.1, 0.15) is 0 Å². The highest BCUT2D eigenvalue weighted by Gasteiger charge is 2.73. The Labute approximate surface area is 133 Å². The predicted molar refractivity (Wildman–Crippen MR) is 87.2 cm³/mol. The zero-order valence-electron chi connectivity index (χ0n) is 13.5. The van der Waals surface area contributed by atoms with E-state index in [4.69, 9.17) is 0 Å². The third-order valence-electron chi connectivity index (χ3n) is 7.56. The Morgan fingerprint density at radius 1 is 1.05 bits per heavy atom. The fourth-order valence-electron chi connectivity index (χ4n) is 6.58. The number of hydrogen-bond acceptors (Lipinski definition) is 2. The monoisotopic (exact) mass is 297 g/mol. The van der Waals surface area contributed by atoms with Gasteiger partial charge in [0, 0.05) is 0 Å². The molecule has 1 aromatic rings. The Balaban J connectivity index is 1.54. The van der Waals surface area contributed by atoms with Crippen LogP contribution in [0, 0.1) is 35.5 Å². The molecule has 4 bridgehead atoms. The first kappa shape index (κ1) is 13.6. The van der Waals surface area contributed by atoms with Gasteiger partial charge in [-0.05, 0) is 86.9 Å². The van der Waals surface area contributed by atoms with Crippen LogP contribution >= 0.6 is 0 Å². The van der Waals surface area contributed by atoms with Crippen molar-refractivity contribution in [2.75, 3.05) is 20.1 Å². The van der Waals surface area contributed by atoms with Gasteiger partial charge in [0.25, 0.3) is 0 Å². The first-order valence-corrected chi connectivity index (χ1v) is 9.16. The first-order valence-electron chi connectivity index (χ1n) is 9.16. The standard InChI is InChI=1S/C20H27NO/c1-21-9-7-15(8-10-21)20(22,14-5-3-2-4-6-14)19-13-11-16-17(12-13)18(16)19/h2-6,13,15-19,22H,7-12H2,1H3. The van der Waals surface area contributed by atoms with Crippen molar-refractivity contribution in [1.29, 1.82) is 0 Å². The van der Waals surface area contributed by atoms with E-state index in [1.807, 2.05) is 0 Å². The van der Waals surface area contributed by atoms with E-state index in [2.05, 4.69) is 42.3 Å². The molecule has 1 aromatic carbocycles. The van der Waals surface area contributed by atoms with Crippen molar-refractivity contribution < 1.29 is 5.11 Å². The van der Waals surface area contributed by atoms with Crippen molar-refractivity contribution in [3.63, 3.8) is 0 Å². The molecule has 0 aromatic heterocycles. The highest BCUT2D eigenvalue weighted by atomic mass is 16.3. The molecule has 4 unspecified atom stereocenters. The molecular weight excluding hydrogens is 270 g/mol. The Morgan fingerprint density at radius 2 is 1.68 bits per heavy atom. The van der Waals surface area contributed by atoms with E-state index < -0.39 is 5.60 Å². The van der Waals surface area contributed by atoms with Gasteiger partial charge in [0.15, 0.2) is 0 Å². The maximum absolute atomic E-state index is 12.1. The van der Waals surface area contributed by atoms with Crippen molar-refractivity contribution in [3.05, 3.63) is 35.9 Å². The summed E-state index contributed by atoms with van der Waals surface area (Å²) in [6, 6.07) is 10.7. The number of nitrogens with zero attached hydrogens (tertiary/aromatic N) is 1. The van der Waals surface area contributed by atoms with E-state index in [1.54, 1.807) is 0 Å². The zero-order valence-corrected chi connectivity index (χ0v) is 13.5. The topological polar surface area (TPSA) is 23.5 Å². The van der Waals surface area contributed by atoms with Gasteiger partial charge < -0.3 is 10.0 Å². The quantitative estimate of drug-likeness (QED) is 0.926. The lowest BCUT2D eigenvalue weighted by atomic mass is 9.66. The van der Waals surface area contributed by atoms with Crippen LogP contribution in [-0.2, 0) is 5.60 Å². The molecule has 1 N–H and O–H groups in total. The van der Waals surface area contributed by atoms with Crippen molar-refractivity contribution >= 4 is 0 Å². The summed E-state index contributed by atoms with van der Waals surface area (Å²) in [6.07, 6.45) is 5.10. The molecule has 0 radical (unpaired) electrons. The Morgan fingerprint density at radius 3 is 2.23 bits per heavy atom. The largest absolute Gasteiger partial charge is 0.385 e. The van der Waals surface area contributed by atoms with Crippen LogP contribution in [0.3, 0.4) is 0 Å². The highest BCUT2D eigenvalue weighted by molar-refractivity contribution is 5.31. The van der Waals surface area contributed by atoms with Crippen LogP contribution in [0.4, 0.5) is 0 Å². The molecule has 2 heteroatoms. The zero-order chi connectivity index (χ0) is 14.9. The average Bonchev–Trinajstić information content (AvgIpc) is 2.96. The molecule has 5 fully saturated rings. The van der Waals surface area contributed by atoms with Crippen LogP contribution in [0.5, 0.6) is 0 Å². The Hall–Kier alpha value is -0.860. The van der Waals surface area contributed by atoms with Gasteiger partial charge in [0.2, 0.25) is 0 Å². The minimum atomic E-state index is -0.572. The van der Waals surface area contributed by atoms with Crippen molar-refractivity contribution in [2.24, 2.45) is 35.5 Å². The SMILES string of the molecule is CN1CCC(C(O)(c2ccccc2)C2C3CC4C(C3)C42)CC1. The number of aliphatic hydroxyl groups is 1. The molecule has 1 saturated heterocycles. The number of benzene rings is 1. The number of hydrogen-bond donors (Lipinski definition) is 1. The molecule has 1 aliphatic heterocycles. The summed E-state index contributed by atoms with van der Waals surface area (Å²) >= 11 is 0. The van der Waals surface area contributed by atoms with Crippen LogP contribution in [0.25, 0.3) is 0 Å². The summed E-state index contributed by atoms with van der Waals surface area (Å²) in [7, 11) is 2.21. The molecule has 1 heterocycles. The molecular formula is C20H27NO. The Kier molecular flexibility index (Phi) is 2.82. The van der Waals surface area contributed by atoms with Crippen LogP contribution in [0.15, 0.2) is 30.3 Å². The number of rotatable bonds is 3. The molecule has 4 aliphatic carbocycles. The average molecular weight is 297 g/mol. The van der Waals surface area contributed by atoms with Crippen LogP contribution in [-0.4, -0.2) is 30.1 Å². The lowest BCUT2D eigenvalue weighted by molar-refractivity contribution is -0.105. The minimum absolute atomic E-state index is 0.441. The van der Waals surface area contributed by atoms with Gasteiger partial charge >= 0.3 is 0 Å². The van der Waals surface area contributed by atoms with E-state index in [-0.39, 0.29) is 0 Å². The normalized spacial score (nSPS) is 43.3. The number of likely N-dealkylation sites (tertiary alicyclic amines) is 1. The van der Waals surface area contributed by atoms with E-state index in [0.29, 0.717) is 11.8 Å². The molecule has 22 heavy (non-hydrogen) atoms. The summed E-state index contributed by atoms with van der Waals surface area (Å²) in [5.74, 6) is 4.56. The lowest BCUT2D eigenvalue weighted by Gasteiger charge is -2.46. The first-order chi connectivity index (χ1) is 10.7. The van der Waals surface area contributed by atoms with Crippen molar-refractivity contribution in [1.82, 2.24) is 4.90 Å². The summed E-state index contributed by atoms with van der Waals surface area (Å²) in [6.45, 7) is 2.27. The van der Waals surface area contributed by atoms with E-state index in [1.165, 1.54) is 18.4 Å². The molecule has 4 saturated carbocycles. The molecule has 118 valence electrons. The van der Waals surface area contributed by atoms with Gasteiger partial charge in [-0.2, -0.15) is 0 Å². The predicted octanol–water partition coefficient (Wildman–Crippen LogP) is 3.12. The lowest BCUT2D eigenvalue weighted by Crippen LogP contribution is -2.48. The van der Waals surface area contributed by atoms with Crippen LogP contribution in [0.2, 0.25) is 0 Å². The van der Waals surface area contributed by atoms with Crippen molar-refractivity contribution in [3.8, 4) is 0 Å². The van der Waals surface area contributed by atoms with Gasteiger partial charge in [-0.1, -0.05) is 30.3 Å². The second kappa shape index (κ2) is 4.58. The summed E-state index contributed by atoms with van der Waals surface area (Å²) in [5.41, 5.74) is 0.630. The summed E-state index contributed by atoms with van der Waals surface area (Å²) < 4.78 is 0. The van der Waals surface area contributed by atoms with Gasteiger partial charge in [-0.15, -0.1) is 0 Å². The van der Waals surface area contributed by atoms with E-state index in [9.17, 15) is 5.11 Å². The highest BCUT2D eigenvalue weighted by Crippen LogP contribution is 2.77. The van der Waals surface area contributed by atoms with Gasteiger partial charge in [-0.3, -0.25) is 0 Å². The Bertz CT molecular complexity index is 550.